The van der Waals surface area contributed by atoms with Crippen molar-refractivity contribution in [3.05, 3.63) is 186 Å². The third-order valence-corrected chi connectivity index (χ3v) is 9.85. The molecule has 0 spiro atoms. The van der Waals surface area contributed by atoms with Gasteiger partial charge in [0.1, 0.15) is 11.5 Å². The standard InChI is InChI=1S/C43H33N3O/c44-37-14-6-4-12-34(37)43(45)28-19-17-27(18-20-28)32-13-8-16-41-42(32)36-26-30(22-24-40(36)47-41)29-21-23-39-35(25-29)33-11-5-7-15-38(33)46(39)31-9-2-1-3-10-31/h1-26,32,42-43H,44-45H2. The van der Waals surface area contributed by atoms with Gasteiger partial charge in [-0.25, -0.2) is 0 Å². The van der Waals surface area contributed by atoms with E-state index in [1.54, 1.807) is 0 Å². The third kappa shape index (κ3) is 4.49. The molecular formula is C43H33N3O. The molecule has 47 heavy (non-hydrogen) atoms. The molecule has 1 aliphatic carbocycles. The summed E-state index contributed by atoms with van der Waals surface area (Å²) in [6.07, 6.45) is 6.51. The Morgan fingerprint density at radius 1 is 0.660 bits per heavy atom. The van der Waals surface area contributed by atoms with Crippen molar-refractivity contribution in [2.45, 2.75) is 17.9 Å². The molecule has 7 aromatic rings. The molecule has 0 saturated heterocycles. The molecule has 2 aliphatic rings. The lowest BCUT2D eigenvalue weighted by molar-refractivity contribution is 0.416. The minimum atomic E-state index is -0.278. The van der Waals surface area contributed by atoms with Crippen LogP contribution in [-0.4, -0.2) is 4.57 Å². The van der Waals surface area contributed by atoms with E-state index in [2.05, 4.69) is 138 Å². The average Bonchev–Trinajstić information content (AvgIpc) is 3.67. The van der Waals surface area contributed by atoms with Crippen molar-refractivity contribution in [2.24, 2.45) is 5.73 Å². The highest BCUT2D eigenvalue weighted by Crippen LogP contribution is 2.51. The van der Waals surface area contributed by atoms with Crippen molar-refractivity contribution in [1.82, 2.24) is 4.57 Å². The largest absolute Gasteiger partial charge is 0.461 e. The van der Waals surface area contributed by atoms with Gasteiger partial charge >= 0.3 is 0 Å². The number of fused-ring (bicyclic) bond motifs is 6. The molecule has 0 bridgehead atoms. The van der Waals surface area contributed by atoms with Crippen molar-refractivity contribution in [2.75, 3.05) is 5.73 Å². The SMILES string of the molecule is Nc1ccccc1C(N)c1ccc(C2C=CC=C3Oc4ccc(-c5ccc6c(c5)c5ccccc5n6-c5ccccc5)cc4C32)cc1. The van der Waals surface area contributed by atoms with E-state index in [1.165, 1.54) is 44.1 Å². The minimum absolute atomic E-state index is 0.1000. The molecule has 4 heteroatoms. The van der Waals surface area contributed by atoms with Crippen LogP contribution < -0.4 is 16.2 Å². The minimum Gasteiger partial charge on any atom is -0.461 e. The highest BCUT2D eigenvalue weighted by atomic mass is 16.5. The number of nitrogens with zero attached hydrogens (tertiary/aromatic N) is 1. The Morgan fingerprint density at radius 2 is 1.38 bits per heavy atom. The Bertz CT molecular complexity index is 2370. The van der Waals surface area contributed by atoms with Crippen LogP contribution in [0.4, 0.5) is 5.69 Å². The molecule has 6 aromatic carbocycles. The van der Waals surface area contributed by atoms with Gasteiger partial charge in [0.15, 0.2) is 0 Å². The molecule has 0 amide bonds. The Labute approximate surface area is 273 Å². The first-order valence-corrected chi connectivity index (χ1v) is 16.1. The van der Waals surface area contributed by atoms with E-state index in [4.69, 9.17) is 16.2 Å². The van der Waals surface area contributed by atoms with Crippen LogP contribution in [0.1, 0.15) is 40.1 Å². The molecule has 1 aliphatic heterocycles. The van der Waals surface area contributed by atoms with Crippen molar-refractivity contribution in [3.8, 4) is 22.6 Å². The van der Waals surface area contributed by atoms with Gasteiger partial charge in [0.05, 0.1) is 23.0 Å². The lowest BCUT2D eigenvalue weighted by Crippen LogP contribution is -2.15. The first-order valence-electron chi connectivity index (χ1n) is 16.1. The maximum atomic E-state index is 6.64. The van der Waals surface area contributed by atoms with Crippen LogP contribution in [0.5, 0.6) is 5.75 Å². The zero-order valence-corrected chi connectivity index (χ0v) is 25.8. The van der Waals surface area contributed by atoms with Gasteiger partial charge in [-0.3, -0.25) is 0 Å². The highest BCUT2D eigenvalue weighted by molar-refractivity contribution is 6.10. The molecule has 2 heterocycles. The molecule has 226 valence electrons. The van der Waals surface area contributed by atoms with Gasteiger partial charge < -0.3 is 20.8 Å². The van der Waals surface area contributed by atoms with E-state index in [1.807, 2.05) is 24.3 Å². The lowest BCUT2D eigenvalue weighted by atomic mass is 9.78. The molecule has 3 atom stereocenters. The maximum Gasteiger partial charge on any atom is 0.130 e. The molecule has 1 aromatic heterocycles. The summed E-state index contributed by atoms with van der Waals surface area (Å²) >= 11 is 0. The van der Waals surface area contributed by atoms with E-state index in [0.29, 0.717) is 5.69 Å². The predicted octanol–water partition coefficient (Wildman–Crippen LogP) is 9.79. The number of nitrogen functional groups attached to an aromatic ring is 1. The predicted molar refractivity (Wildman–Crippen MR) is 193 cm³/mol. The van der Waals surface area contributed by atoms with Gasteiger partial charge in [-0.05, 0) is 82.4 Å². The summed E-state index contributed by atoms with van der Waals surface area (Å²) in [7, 11) is 0. The Hall–Kier alpha value is -5.84. The van der Waals surface area contributed by atoms with Crippen molar-refractivity contribution in [1.29, 1.82) is 0 Å². The third-order valence-electron chi connectivity index (χ3n) is 9.85. The second-order valence-corrected chi connectivity index (χ2v) is 12.5. The van der Waals surface area contributed by atoms with Gasteiger partial charge in [0.25, 0.3) is 0 Å². The second-order valence-electron chi connectivity index (χ2n) is 12.5. The van der Waals surface area contributed by atoms with Crippen LogP contribution in [0, 0.1) is 0 Å². The van der Waals surface area contributed by atoms with Crippen LogP contribution in [0.2, 0.25) is 0 Å². The zero-order chi connectivity index (χ0) is 31.5. The molecule has 0 fully saturated rings. The van der Waals surface area contributed by atoms with Gasteiger partial charge in [-0.2, -0.15) is 0 Å². The molecule has 4 nitrogen and oxygen atoms in total. The first kappa shape index (κ1) is 27.5. The second kappa shape index (κ2) is 10.9. The maximum absolute atomic E-state index is 6.64. The van der Waals surface area contributed by atoms with Crippen LogP contribution in [0.15, 0.2) is 164 Å². The Morgan fingerprint density at radius 3 is 2.23 bits per heavy atom. The number of para-hydroxylation sites is 3. The monoisotopic (exact) mass is 607 g/mol. The molecule has 9 rings (SSSR count). The van der Waals surface area contributed by atoms with Gasteiger partial charge in [-0.15, -0.1) is 0 Å². The molecule has 0 saturated carbocycles. The smallest absolute Gasteiger partial charge is 0.130 e. The number of benzene rings is 6. The summed E-state index contributed by atoms with van der Waals surface area (Å²) in [5.74, 6) is 2.16. The quantitative estimate of drug-likeness (QED) is 0.191. The fraction of sp³-hybridized carbons (Fsp3) is 0.0698. The van der Waals surface area contributed by atoms with E-state index in [0.717, 1.165) is 28.3 Å². The summed E-state index contributed by atoms with van der Waals surface area (Å²) < 4.78 is 8.79. The first-order chi connectivity index (χ1) is 23.1. The molecule has 4 N–H and O–H groups in total. The number of rotatable bonds is 5. The molecular weight excluding hydrogens is 574 g/mol. The van der Waals surface area contributed by atoms with Gasteiger partial charge in [-0.1, -0.05) is 103 Å². The van der Waals surface area contributed by atoms with Gasteiger partial charge in [0.2, 0.25) is 0 Å². The zero-order valence-electron chi connectivity index (χ0n) is 25.8. The van der Waals surface area contributed by atoms with Crippen molar-refractivity contribution in [3.63, 3.8) is 0 Å². The fourth-order valence-electron chi connectivity index (χ4n) is 7.51. The van der Waals surface area contributed by atoms with Crippen molar-refractivity contribution < 1.29 is 4.74 Å². The van der Waals surface area contributed by atoms with Gasteiger partial charge in [0, 0.05) is 33.6 Å². The number of allylic oxidation sites excluding steroid dienone is 4. The van der Waals surface area contributed by atoms with Crippen molar-refractivity contribution >= 4 is 27.5 Å². The Kier molecular flexibility index (Phi) is 6.37. The summed E-state index contributed by atoms with van der Waals surface area (Å²) in [6, 6.07) is 48.9. The van der Waals surface area contributed by atoms with Crippen LogP contribution in [0.3, 0.4) is 0 Å². The summed E-state index contributed by atoms with van der Waals surface area (Å²) in [5.41, 5.74) is 23.9. The summed E-state index contributed by atoms with van der Waals surface area (Å²) in [6.45, 7) is 0. The molecule has 3 unspecified atom stereocenters. The summed E-state index contributed by atoms with van der Waals surface area (Å²) in [4.78, 5) is 0. The normalized spacial score (nSPS) is 17.3. The average molecular weight is 608 g/mol. The number of hydrogen-bond acceptors (Lipinski definition) is 3. The number of anilines is 1. The van der Waals surface area contributed by atoms with Crippen LogP contribution >= 0.6 is 0 Å². The number of nitrogens with two attached hydrogens (primary N) is 2. The number of ether oxygens (including phenoxy) is 1. The van der Waals surface area contributed by atoms with E-state index < -0.39 is 0 Å². The van der Waals surface area contributed by atoms with E-state index in [9.17, 15) is 0 Å². The van der Waals surface area contributed by atoms with E-state index >= 15 is 0 Å². The number of aromatic nitrogens is 1. The Balaban J connectivity index is 1.08. The highest BCUT2D eigenvalue weighted by Gasteiger charge is 2.37. The summed E-state index contributed by atoms with van der Waals surface area (Å²) in [5, 5.41) is 2.49. The fourth-order valence-corrected chi connectivity index (χ4v) is 7.51. The van der Waals surface area contributed by atoms with Crippen LogP contribution in [-0.2, 0) is 0 Å². The molecule has 0 radical (unpaired) electrons. The lowest BCUT2D eigenvalue weighted by Gasteiger charge is -2.25. The van der Waals surface area contributed by atoms with E-state index in [-0.39, 0.29) is 17.9 Å². The topological polar surface area (TPSA) is 66.2 Å². The van der Waals surface area contributed by atoms with Crippen LogP contribution in [0.25, 0.3) is 38.6 Å². The number of hydrogen-bond donors (Lipinski definition) is 2.